The molecule has 1 spiro atoms. The molecule has 0 radical (unpaired) electrons. The van der Waals surface area contributed by atoms with Gasteiger partial charge in [-0.3, -0.25) is 15.0 Å². The molecule has 1 aromatic carbocycles. The van der Waals surface area contributed by atoms with E-state index in [1.165, 1.54) is 0 Å². The smallest absolute Gasteiger partial charge is 0.344 e. The van der Waals surface area contributed by atoms with Crippen LogP contribution in [0.4, 0.5) is 10.6 Å². The van der Waals surface area contributed by atoms with E-state index in [1.54, 1.807) is 0 Å². The fraction of sp³-hybridized carbons (Fsp3) is 0.450. The average molecular weight is 429 g/mol. The lowest BCUT2D eigenvalue weighted by Gasteiger charge is -2.30. The minimum Gasteiger partial charge on any atom is -0.370 e. The molecule has 2 heterocycles. The number of para-hydroxylation sites is 1. The molecule has 2 aromatic rings. The minimum atomic E-state index is -0.863. The van der Waals surface area contributed by atoms with Gasteiger partial charge in [0.05, 0.1) is 11.3 Å². The van der Waals surface area contributed by atoms with Crippen LogP contribution in [0.5, 0.6) is 0 Å². The molecule has 2 fully saturated rings. The number of thioether (sulfide) groups is 1. The third kappa shape index (κ3) is 3.91. The molecule has 0 bridgehead atoms. The number of amides is 4. The highest BCUT2D eigenvalue weighted by molar-refractivity contribution is 7.99. The van der Waals surface area contributed by atoms with Crippen molar-refractivity contribution in [3.63, 3.8) is 0 Å². The Labute approximate surface area is 178 Å². The van der Waals surface area contributed by atoms with Gasteiger partial charge in [-0.2, -0.15) is 5.01 Å². The van der Waals surface area contributed by atoms with E-state index in [2.05, 4.69) is 26.0 Å². The summed E-state index contributed by atoms with van der Waals surface area (Å²) in [5.74, 6) is -0.145. The quantitative estimate of drug-likeness (QED) is 0.368. The topological polar surface area (TPSA) is 116 Å². The van der Waals surface area contributed by atoms with Gasteiger partial charge in [0.1, 0.15) is 11.4 Å². The van der Waals surface area contributed by atoms with Crippen molar-refractivity contribution in [1.29, 1.82) is 0 Å². The minimum absolute atomic E-state index is 0.0199. The third-order valence-electron chi connectivity index (χ3n) is 5.36. The van der Waals surface area contributed by atoms with E-state index < -0.39 is 17.5 Å². The summed E-state index contributed by atoms with van der Waals surface area (Å²) < 4.78 is 0. The number of urea groups is 1. The zero-order valence-corrected chi connectivity index (χ0v) is 17.6. The molecule has 0 unspecified atom stereocenters. The van der Waals surface area contributed by atoms with Crippen molar-refractivity contribution < 1.29 is 14.4 Å². The number of fused-ring (bicyclic) bond motifs is 1. The van der Waals surface area contributed by atoms with Crippen LogP contribution in [0, 0.1) is 0 Å². The number of aromatic nitrogens is 2. The zero-order valence-electron chi connectivity index (χ0n) is 16.7. The summed E-state index contributed by atoms with van der Waals surface area (Å²) in [7, 11) is 0. The number of anilines is 1. The molecule has 1 saturated heterocycles. The molecule has 1 aromatic heterocycles. The second kappa shape index (κ2) is 8.47. The third-order valence-corrected chi connectivity index (χ3v) is 6.21. The molecule has 158 valence electrons. The fourth-order valence-electron chi connectivity index (χ4n) is 3.93. The molecule has 30 heavy (non-hydrogen) atoms. The van der Waals surface area contributed by atoms with E-state index in [4.69, 9.17) is 0 Å². The van der Waals surface area contributed by atoms with Crippen LogP contribution in [0.15, 0.2) is 29.4 Å². The molecule has 3 N–H and O–H groups in total. The van der Waals surface area contributed by atoms with Gasteiger partial charge in [0.15, 0.2) is 5.16 Å². The van der Waals surface area contributed by atoms with Gasteiger partial charge in [0.25, 0.3) is 5.91 Å². The number of hydrogen-bond acceptors (Lipinski definition) is 7. The molecule has 4 amide bonds. The number of rotatable bonds is 6. The highest BCUT2D eigenvalue weighted by atomic mass is 32.2. The molecule has 10 heteroatoms. The second-order valence-electron chi connectivity index (χ2n) is 7.44. The number of carbonyl (C=O) groups is 3. The number of hydrazine groups is 1. The fourth-order valence-corrected chi connectivity index (χ4v) is 4.57. The summed E-state index contributed by atoms with van der Waals surface area (Å²) in [6, 6.07) is 7.07. The SMILES string of the molecule is CCNc1nc(SCC(=O)NN2C(=O)NC3(CCCCC3)C2=O)nc2ccccc12. The van der Waals surface area contributed by atoms with Crippen LogP contribution in [0.1, 0.15) is 39.0 Å². The van der Waals surface area contributed by atoms with Gasteiger partial charge < -0.3 is 10.6 Å². The van der Waals surface area contributed by atoms with Crippen molar-refractivity contribution in [1.82, 2.24) is 25.7 Å². The summed E-state index contributed by atoms with van der Waals surface area (Å²) in [5, 5.41) is 8.16. The van der Waals surface area contributed by atoms with E-state index in [0.717, 1.165) is 46.9 Å². The Morgan fingerprint density at radius 2 is 1.97 bits per heavy atom. The number of carbonyl (C=O) groups excluding carboxylic acids is 3. The lowest BCUT2D eigenvalue weighted by Crippen LogP contribution is -2.51. The molecule has 4 rings (SSSR count). The summed E-state index contributed by atoms with van der Waals surface area (Å²) >= 11 is 1.15. The second-order valence-corrected chi connectivity index (χ2v) is 8.38. The maximum Gasteiger partial charge on any atom is 0.344 e. The first-order valence-corrected chi connectivity index (χ1v) is 11.1. The van der Waals surface area contributed by atoms with Crippen molar-refractivity contribution in [2.24, 2.45) is 0 Å². The summed E-state index contributed by atoms with van der Waals surface area (Å²) in [4.78, 5) is 46.4. The maximum absolute atomic E-state index is 12.8. The Bertz CT molecular complexity index is 992. The van der Waals surface area contributed by atoms with Gasteiger partial charge in [-0.25, -0.2) is 14.8 Å². The first kappa shape index (κ1) is 20.4. The van der Waals surface area contributed by atoms with E-state index in [-0.39, 0.29) is 11.7 Å². The van der Waals surface area contributed by atoms with E-state index in [0.29, 0.717) is 30.4 Å². The number of nitrogens with one attached hydrogen (secondary N) is 3. The van der Waals surface area contributed by atoms with Crippen LogP contribution < -0.4 is 16.1 Å². The van der Waals surface area contributed by atoms with Crippen LogP contribution >= 0.6 is 11.8 Å². The lowest BCUT2D eigenvalue weighted by molar-refractivity contribution is -0.139. The van der Waals surface area contributed by atoms with E-state index in [1.807, 2.05) is 31.2 Å². The summed E-state index contributed by atoms with van der Waals surface area (Å²) in [6.45, 7) is 2.69. The van der Waals surface area contributed by atoms with Gasteiger partial charge in [-0.1, -0.05) is 43.2 Å². The molecule has 0 atom stereocenters. The van der Waals surface area contributed by atoms with Crippen molar-refractivity contribution >= 4 is 46.3 Å². The normalized spacial score (nSPS) is 18.0. The summed E-state index contributed by atoms with van der Waals surface area (Å²) in [6.07, 6.45) is 4.04. The van der Waals surface area contributed by atoms with Crippen molar-refractivity contribution in [3.05, 3.63) is 24.3 Å². The number of benzene rings is 1. The van der Waals surface area contributed by atoms with Gasteiger partial charge in [0, 0.05) is 11.9 Å². The molecular weight excluding hydrogens is 404 g/mol. The van der Waals surface area contributed by atoms with Gasteiger partial charge >= 0.3 is 6.03 Å². The predicted octanol–water partition coefficient (Wildman–Crippen LogP) is 2.44. The molecule has 1 saturated carbocycles. The Kier molecular flexibility index (Phi) is 5.76. The van der Waals surface area contributed by atoms with Gasteiger partial charge in [-0.15, -0.1) is 0 Å². The van der Waals surface area contributed by atoms with Gasteiger partial charge in [0.2, 0.25) is 5.91 Å². The van der Waals surface area contributed by atoms with E-state index in [9.17, 15) is 14.4 Å². The van der Waals surface area contributed by atoms with Crippen molar-refractivity contribution in [2.75, 3.05) is 17.6 Å². The Morgan fingerprint density at radius 3 is 2.73 bits per heavy atom. The largest absolute Gasteiger partial charge is 0.370 e. The number of hydrogen-bond donors (Lipinski definition) is 3. The van der Waals surface area contributed by atoms with Crippen molar-refractivity contribution in [2.45, 2.75) is 49.7 Å². The predicted molar refractivity (Wildman–Crippen MR) is 114 cm³/mol. The first-order chi connectivity index (χ1) is 14.5. The molecule has 1 aliphatic heterocycles. The number of nitrogens with zero attached hydrogens (tertiary/aromatic N) is 3. The standard InChI is InChI=1S/C20H24N6O3S/c1-2-21-16-13-8-4-5-9-14(13)22-18(23-16)30-12-15(27)25-26-17(28)20(24-19(26)29)10-6-3-7-11-20/h4-5,8-9H,2-3,6-7,10-12H2,1H3,(H,24,29)(H,25,27)(H,21,22,23). The monoisotopic (exact) mass is 428 g/mol. The first-order valence-electron chi connectivity index (χ1n) is 10.1. The van der Waals surface area contributed by atoms with E-state index >= 15 is 0 Å². The zero-order chi connectivity index (χ0) is 21.1. The van der Waals surface area contributed by atoms with Crippen LogP contribution in [-0.2, 0) is 9.59 Å². The van der Waals surface area contributed by atoms with Crippen LogP contribution in [0.3, 0.4) is 0 Å². The maximum atomic E-state index is 12.8. The molecule has 9 nitrogen and oxygen atoms in total. The van der Waals surface area contributed by atoms with Crippen molar-refractivity contribution in [3.8, 4) is 0 Å². The molecule has 2 aliphatic rings. The number of imide groups is 1. The Balaban J connectivity index is 1.41. The van der Waals surface area contributed by atoms with Crippen LogP contribution in [0.25, 0.3) is 10.9 Å². The Hall–Kier alpha value is -2.88. The van der Waals surface area contributed by atoms with Crippen LogP contribution in [0.2, 0.25) is 0 Å². The average Bonchev–Trinajstić information content (AvgIpc) is 2.97. The highest BCUT2D eigenvalue weighted by Crippen LogP contribution is 2.33. The molecular formula is C20H24N6O3S. The summed E-state index contributed by atoms with van der Waals surface area (Å²) in [5.41, 5.74) is 2.35. The lowest BCUT2D eigenvalue weighted by atomic mass is 9.82. The molecule has 1 aliphatic carbocycles. The van der Waals surface area contributed by atoms with Crippen LogP contribution in [-0.4, -0.2) is 50.7 Å². The highest BCUT2D eigenvalue weighted by Gasteiger charge is 2.52. The van der Waals surface area contributed by atoms with Gasteiger partial charge in [-0.05, 0) is 31.9 Å². The Morgan fingerprint density at radius 1 is 1.20 bits per heavy atom.